The van der Waals surface area contributed by atoms with E-state index in [0.29, 0.717) is 0 Å². The number of nitrogens with zero attached hydrogens (tertiary/aromatic N) is 2. The van der Waals surface area contributed by atoms with Gasteiger partial charge >= 0.3 is 5.97 Å². The molecular weight excluding hydrogens is 262 g/mol. The monoisotopic (exact) mass is 269 g/mol. The third kappa shape index (κ3) is 2.92. The molecule has 0 aromatic heterocycles. The third-order valence-corrected chi connectivity index (χ3v) is 1.93. The molecule has 5 nitrogen and oxygen atoms in total. The normalized spacial score (nSPS) is 17.3. The van der Waals surface area contributed by atoms with E-state index in [1.54, 1.807) is 19.2 Å². The lowest BCUT2D eigenvalue weighted by Gasteiger charge is -2.08. The summed E-state index contributed by atoms with van der Waals surface area (Å²) in [7, 11) is 0. The summed E-state index contributed by atoms with van der Waals surface area (Å²) in [5.41, 5.74) is -0.135. The molecule has 0 unspecified atom stereocenters. The fourth-order valence-electron chi connectivity index (χ4n) is 0.873. The van der Waals surface area contributed by atoms with Gasteiger partial charge in [-0.3, -0.25) is 0 Å². The van der Waals surface area contributed by atoms with Gasteiger partial charge in [0, 0.05) is 12.4 Å². The van der Waals surface area contributed by atoms with Crippen LogP contribution in [0.25, 0.3) is 0 Å². The largest absolute Gasteiger partial charge is 0.462 e. The standard InChI is InChI=1S/C9H8BrN3O2/c1-2-15-9(14)7(3-11)8-12-4-6(10)5-13-8/h4-5,12H,2H2,1H3. The van der Waals surface area contributed by atoms with Crippen molar-refractivity contribution in [3.63, 3.8) is 0 Å². The van der Waals surface area contributed by atoms with Crippen LogP contribution in [0.2, 0.25) is 0 Å². The number of aliphatic imine (C=N–C) groups is 1. The molecule has 0 fully saturated rings. The molecule has 1 N–H and O–H groups in total. The van der Waals surface area contributed by atoms with E-state index in [4.69, 9.17) is 10.00 Å². The highest BCUT2D eigenvalue weighted by Crippen LogP contribution is 2.11. The lowest BCUT2D eigenvalue weighted by Crippen LogP contribution is -2.16. The molecule has 0 aromatic carbocycles. The Balaban J connectivity index is 2.93. The molecule has 0 aromatic rings. The average molecular weight is 270 g/mol. The number of ether oxygens (including phenoxy) is 1. The first-order chi connectivity index (χ1) is 7.19. The van der Waals surface area contributed by atoms with Gasteiger partial charge in [0.1, 0.15) is 6.07 Å². The summed E-state index contributed by atoms with van der Waals surface area (Å²) in [6.07, 6.45) is 3.07. The zero-order chi connectivity index (χ0) is 11.3. The topological polar surface area (TPSA) is 74.5 Å². The van der Waals surface area contributed by atoms with Gasteiger partial charge in [0.15, 0.2) is 11.4 Å². The summed E-state index contributed by atoms with van der Waals surface area (Å²) in [4.78, 5) is 15.2. The van der Waals surface area contributed by atoms with Gasteiger partial charge in [0.25, 0.3) is 0 Å². The second-order valence-corrected chi connectivity index (χ2v) is 3.40. The molecule has 0 amide bonds. The van der Waals surface area contributed by atoms with Crippen molar-refractivity contribution in [3.05, 3.63) is 22.1 Å². The number of esters is 1. The zero-order valence-electron chi connectivity index (χ0n) is 7.95. The number of nitrogens with one attached hydrogen (secondary N) is 1. The SMILES string of the molecule is CCOC(=O)C(C#N)=C1N=CC(Br)=CN1. The van der Waals surface area contributed by atoms with E-state index in [1.807, 2.05) is 0 Å². The van der Waals surface area contributed by atoms with Crippen molar-refractivity contribution in [3.8, 4) is 6.07 Å². The van der Waals surface area contributed by atoms with Gasteiger partial charge in [-0.15, -0.1) is 0 Å². The number of carbonyl (C=O) groups is 1. The quantitative estimate of drug-likeness (QED) is 0.464. The van der Waals surface area contributed by atoms with Gasteiger partial charge in [-0.25, -0.2) is 9.79 Å². The lowest BCUT2D eigenvalue weighted by atomic mass is 10.3. The van der Waals surface area contributed by atoms with E-state index in [-0.39, 0.29) is 18.0 Å². The highest BCUT2D eigenvalue weighted by atomic mass is 79.9. The highest BCUT2D eigenvalue weighted by molar-refractivity contribution is 9.12. The van der Waals surface area contributed by atoms with Crippen molar-refractivity contribution >= 4 is 28.1 Å². The molecule has 0 atom stereocenters. The van der Waals surface area contributed by atoms with Crippen LogP contribution in [0.15, 0.2) is 27.1 Å². The van der Waals surface area contributed by atoms with Gasteiger partial charge in [-0.2, -0.15) is 5.26 Å². The minimum atomic E-state index is -0.675. The van der Waals surface area contributed by atoms with Crippen LogP contribution in [0.3, 0.4) is 0 Å². The Morgan fingerprint density at radius 3 is 3.00 bits per heavy atom. The Hall–Kier alpha value is -1.61. The summed E-state index contributed by atoms with van der Waals surface area (Å²) < 4.78 is 5.44. The maximum Gasteiger partial charge on any atom is 0.352 e. The summed E-state index contributed by atoms with van der Waals surface area (Å²) in [5.74, 6) is -0.481. The Morgan fingerprint density at radius 2 is 2.53 bits per heavy atom. The summed E-state index contributed by atoms with van der Waals surface area (Å²) in [6.45, 7) is 1.89. The second-order valence-electron chi connectivity index (χ2n) is 2.49. The van der Waals surface area contributed by atoms with Crippen molar-refractivity contribution in [2.45, 2.75) is 6.92 Å². The van der Waals surface area contributed by atoms with E-state index in [0.717, 1.165) is 4.48 Å². The number of allylic oxidation sites excluding steroid dienone is 1. The van der Waals surface area contributed by atoms with Gasteiger partial charge in [0.05, 0.1) is 11.1 Å². The van der Waals surface area contributed by atoms with Crippen molar-refractivity contribution in [1.29, 1.82) is 5.26 Å². The van der Waals surface area contributed by atoms with Crippen molar-refractivity contribution in [2.24, 2.45) is 4.99 Å². The Bertz CT molecular complexity index is 404. The molecular formula is C9H8BrN3O2. The number of nitriles is 1. The third-order valence-electron chi connectivity index (χ3n) is 1.49. The Labute approximate surface area is 95.3 Å². The van der Waals surface area contributed by atoms with Gasteiger partial charge in [-0.1, -0.05) is 0 Å². The molecule has 1 aliphatic rings. The van der Waals surface area contributed by atoms with Gasteiger partial charge in [0.2, 0.25) is 0 Å². The van der Waals surface area contributed by atoms with E-state index in [2.05, 4.69) is 26.2 Å². The molecule has 0 bridgehead atoms. The molecule has 0 radical (unpaired) electrons. The smallest absolute Gasteiger partial charge is 0.352 e. The molecule has 15 heavy (non-hydrogen) atoms. The van der Waals surface area contributed by atoms with Gasteiger partial charge in [-0.05, 0) is 22.9 Å². The van der Waals surface area contributed by atoms with Gasteiger partial charge < -0.3 is 10.1 Å². The predicted octanol–water partition coefficient (Wildman–Crippen LogP) is 1.19. The molecule has 0 saturated carbocycles. The minimum absolute atomic E-state index is 0.135. The summed E-state index contributed by atoms with van der Waals surface area (Å²) in [5, 5.41) is 11.5. The average Bonchev–Trinajstić information content (AvgIpc) is 2.22. The molecule has 1 heterocycles. The first-order valence-electron chi connectivity index (χ1n) is 4.16. The maximum atomic E-state index is 11.3. The molecule has 0 saturated heterocycles. The van der Waals surface area contributed by atoms with Crippen LogP contribution in [0.5, 0.6) is 0 Å². The Kier molecular flexibility index (Phi) is 4.06. The molecule has 0 aliphatic carbocycles. The summed E-state index contributed by atoms with van der Waals surface area (Å²) in [6, 6.07) is 1.76. The molecule has 0 spiro atoms. The molecule has 1 aliphatic heterocycles. The van der Waals surface area contributed by atoms with Crippen LogP contribution in [0.1, 0.15) is 6.92 Å². The number of hydrogen-bond acceptors (Lipinski definition) is 5. The predicted molar refractivity (Wildman–Crippen MR) is 57.9 cm³/mol. The number of rotatable bonds is 2. The fraction of sp³-hybridized carbons (Fsp3) is 0.222. The highest BCUT2D eigenvalue weighted by Gasteiger charge is 2.16. The van der Waals surface area contributed by atoms with Crippen LogP contribution < -0.4 is 5.32 Å². The summed E-state index contributed by atoms with van der Waals surface area (Å²) >= 11 is 3.18. The van der Waals surface area contributed by atoms with Crippen molar-refractivity contribution < 1.29 is 9.53 Å². The lowest BCUT2D eigenvalue weighted by molar-refractivity contribution is -0.138. The first kappa shape index (κ1) is 11.5. The molecule has 78 valence electrons. The van der Waals surface area contributed by atoms with Crippen LogP contribution >= 0.6 is 15.9 Å². The van der Waals surface area contributed by atoms with Crippen LogP contribution in [0, 0.1) is 11.3 Å². The zero-order valence-corrected chi connectivity index (χ0v) is 9.54. The fourth-order valence-corrected chi connectivity index (χ4v) is 1.09. The number of halogens is 1. The van der Waals surface area contributed by atoms with Crippen molar-refractivity contribution in [1.82, 2.24) is 5.32 Å². The van der Waals surface area contributed by atoms with E-state index in [1.165, 1.54) is 6.21 Å². The van der Waals surface area contributed by atoms with Crippen LogP contribution in [-0.2, 0) is 9.53 Å². The van der Waals surface area contributed by atoms with Crippen LogP contribution in [0.4, 0.5) is 0 Å². The first-order valence-corrected chi connectivity index (χ1v) is 4.96. The minimum Gasteiger partial charge on any atom is -0.462 e. The van der Waals surface area contributed by atoms with Crippen molar-refractivity contribution in [2.75, 3.05) is 6.61 Å². The van der Waals surface area contributed by atoms with E-state index >= 15 is 0 Å². The number of hydrogen-bond donors (Lipinski definition) is 1. The Morgan fingerprint density at radius 1 is 1.80 bits per heavy atom. The van der Waals surface area contributed by atoms with Crippen LogP contribution in [-0.4, -0.2) is 18.8 Å². The van der Waals surface area contributed by atoms with E-state index < -0.39 is 5.97 Å². The van der Waals surface area contributed by atoms with E-state index in [9.17, 15) is 4.79 Å². The second kappa shape index (κ2) is 5.32. The molecule has 1 rings (SSSR count). The maximum absolute atomic E-state index is 11.3. The number of carbonyl (C=O) groups excluding carboxylic acids is 1. The molecule has 6 heteroatoms.